The van der Waals surface area contributed by atoms with Crippen LogP contribution < -0.4 is 15.1 Å². The monoisotopic (exact) mass is 420 g/mol. The molecule has 1 fully saturated rings. The van der Waals surface area contributed by atoms with Gasteiger partial charge in [0.05, 0.1) is 34.3 Å². The minimum absolute atomic E-state index is 0.0589. The summed E-state index contributed by atoms with van der Waals surface area (Å²) in [6.07, 6.45) is 7.01. The van der Waals surface area contributed by atoms with Gasteiger partial charge in [0.15, 0.2) is 5.82 Å². The largest absolute Gasteiger partial charge is 0.366 e. The normalized spacial score (nSPS) is 17.5. The van der Waals surface area contributed by atoms with Crippen LogP contribution in [0.3, 0.4) is 0 Å². The molecular weight excluding hydrogens is 400 g/mol. The van der Waals surface area contributed by atoms with Gasteiger partial charge in [0.2, 0.25) is 0 Å². The molecule has 30 heavy (non-hydrogen) atoms. The van der Waals surface area contributed by atoms with E-state index in [-0.39, 0.29) is 12.1 Å². The Hall–Kier alpha value is -3.19. The number of anilines is 3. The molecule has 7 nitrogen and oxygen atoms in total. The molecule has 2 aliphatic heterocycles. The van der Waals surface area contributed by atoms with Crippen LogP contribution in [-0.4, -0.2) is 40.1 Å². The second-order valence-electron chi connectivity index (χ2n) is 7.63. The van der Waals surface area contributed by atoms with Crippen molar-refractivity contribution in [3.05, 3.63) is 59.6 Å². The summed E-state index contributed by atoms with van der Waals surface area (Å²) < 4.78 is 0. The number of amides is 2. The number of rotatable bonds is 2. The standard InChI is InChI=1S/C22H21ClN6O/c1-14-10-15(6-8-25-14)20-18(23)11-19-21(27-20)29(17-5-3-9-28(19)13-17)22(30)26-16-4-2-7-24-12-16/h2,4,6-8,10-12,17H,3,5,9,13H2,1H3,(H,26,30). The first-order valence-corrected chi connectivity index (χ1v) is 10.4. The molecule has 2 bridgehead atoms. The van der Waals surface area contributed by atoms with Crippen molar-refractivity contribution in [2.45, 2.75) is 25.8 Å². The van der Waals surface area contributed by atoms with E-state index in [1.165, 1.54) is 0 Å². The van der Waals surface area contributed by atoms with E-state index >= 15 is 0 Å². The topological polar surface area (TPSA) is 74.2 Å². The predicted molar refractivity (Wildman–Crippen MR) is 118 cm³/mol. The van der Waals surface area contributed by atoms with Crippen LogP contribution in [0.4, 0.5) is 22.0 Å². The van der Waals surface area contributed by atoms with Crippen LogP contribution in [0.5, 0.6) is 0 Å². The minimum atomic E-state index is -0.206. The third kappa shape index (κ3) is 3.35. The summed E-state index contributed by atoms with van der Waals surface area (Å²) in [6, 6.07) is 9.24. The molecule has 3 aromatic rings. The number of nitrogens with one attached hydrogen (secondary N) is 1. The Bertz CT molecular complexity index is 1110. The molecule has 0 saturated carbocycles. The Morgan fingerprint density at radius 2 is 2.17 bits per heavy atom. The zero-order chi connectivity index (χ0) is 20.7. The van der Waals surface area contributed by atoms with E-state index in [9.17, 15) is 4.79 Å². The lowest BCUT2D eigenvalue weighted by Gasteiger charge is -2.46. The smallest absolute Gasteiger partial charge is 0.327 e. The molecule has 0 aliphatic carbocycles. The van der Waals surface area contributed by atoms with Gasteiger partial charge in [-0.1, -0.05) is 11.6 Å². The number of nitrogens with zero attached hydrogens (tertiary/aromatic N) is 5. The number of aromatic nitrogens is 3. The van der Waals surface area contributed by atoms with Crippen LogP contribution in [0.25, 0.3) is 11.3 Å². The maximum absolute atomic E-state index is 13.3. The van der Waals surface area contributed by atoms with Crippen LogP contribution in [0.1, 0.15) is 18.5 Å². The first-order chi connectivity index (χ1) is 14.6. The van der Waals surface area contributed by atoms with Crippen LogP contribution in [0.2, 0.25) is 5.02 Å². The molecule has 2 aliphatic rings. The molecule has 2 amide bonds. The molecule has 5 rings (SSSR count). The molecule has 1 atom stereocenters. The molecule has 0 aromatic carbocycles. The van der Waals surface area contributed by atoms with Crippen molar-refractivity contribution in [3.8, 4) is 11.3 Å². The number of fused-ring (bicyclic) bond motifs is 4. The lowest BCUT2D eigenvalue weighted by Crippen LogP contribution is -2.56. The Labute approximate surface area is 179 Å². The van der Waals surface area contributed by atoms with Crippen molar-refractivity contribution < 1.29 is 4.79 Å². The van der Waals surface area contributed by atoms with Crippen molar-refractivity contribution in [1.82, 2.24) is 15.0 Å². The Kier molecular flexibility index (Phi) is 4.75. The fourth-order valence-electron chi connectivity index (χ4n) is 4.21. The summed E-state index contributed by atoms with van der Waals surface area (Å²) in [5.74, 6) is 0.640. The number of pyridine rings is 3. The molecule has 1 saturated heterocycles. The molecule has 3 aromatic heterocycles. The number of hydrogen-bond donors (Lipinski definition) is 1. The minimum Gasteiger partial charge on any atom is -0.366 e. The van der Waals surface area contributed by atoms with Gasteiger partial charge in [-0.25, -0.2) is 9.78 Å². The van der Waals surface area contributed by atoms with Gasteiger partial charge in [0, 0.05) is 36.7 Å². The third-order valence-corrected chi connectivity index (χ3v) is 5.86. The van der Waals surface area contributed by atoms with Gasteiger partial charge in [-0.2, -0.15) is 0 Å². The average molecular weight is 421 g/mol. The van der Waals surface area contributed by atoms with E-state index in [1.807, 2.05) is 31.2 Å². The van der Waals surface area contributed by atoms with Crippen molar-refractivity contribution in [2.75, 3.05) is 28.2 Å². The third-order valence-electron chi connectivity index (χ3n) is 5.57. The number of carbonyl (C=O) groups is 1. The first kappa shape index (κ1) is 18.8. The van der Waals surface area contributed by atoms with Gasteiger partial charge in [-0.3, -0.25) is 14.9 Å². The number of halogens is 1. The van der Waals surface area contributed by atoms with Crippen LogP contribution >= 0.6 is 11.6 Å². The summed E-state index contributed by atoms with van der Waals surface area (Å²) in [5, 5.41) is 3.53. The van der Waals surface area contributed by atoms with E-state index in [0.717, 1.165) is 42.9 Å². The highest BCUT2D eigenvalue weighted by Gasteiger charge is 2.39. The van der Waals surface area contributed by atoms with E-state index in [1.54, 1.807) is 29.6 Å². The predicted octanol–water partition coefficient (Wildman–Crippen LogP) is 4.52. The fourth-order valence-corrected chi connectivity index (χ4v) is 4.47. The zero-order valence-corrected chi connectivity index (χ0v) is 17.3. The summed E-state index contributed by atoms with van der Waals surface area (Å²) in [4.78, 5) is 30.6. The van der Waals surface area contributed by atoms with Gasteiger partial charge < -0.3 is 10.2 Å². The van der Waals surface area contributed by atoms with Crippen LogP contribution in [0, 0.1) is 6.92 Å². The summed E-state index contributed by atoms with van der Waals surface area (Å²) in [5.41, 5.74) is 3.97. The maximum Gasteiger partial charge on any atom is 0.327 e. The molecular formula is C22H21ClN6O. The highest BCUT2D eigenvalue weighted by atomic mass is 35.5. The highest BCUT2D eigenvalue weighted by molar-refractivity contribution is 6.33. The number of carbonyl (C=O) groups excluding carboxylic acids is 1. The van der Waals surface area contributed by atoms with Gasteiger partial charge in [-0.05, 0) is 50.1 Å². The molecule has 1 N–H and O–H groups in total. The number of aryl methyl sites for hydroxylation is 1. The molecule has 8 heteroatoms. The lowest BCUT2D eigenvalue weighted by atomic mass is 9.99. The summed E-state index contributed by atoms with van der Waals surface area (Å²) >= 11 is 6.64. The molecule has 1 unspecified atom stereocenters. The summed E-state index contributed by atoms with van der Waals surface area (Å²) in [6.45, 7) is 3.64. The van der Waals surface area contributed by atoms with E-state index < -0.39 is 0 Å². The van der Waals surface area contributed by atoms with E-state index in [0.29, 0.717) is 22.2 Å². The van der Waals surface area contributed by atoms with Gasteiger partial charge in [0.1, 0.15) is 0 Å². The second kappa shape index (κ2) is 7.57. The maximum atomic E-state index is 13.3. The Morgan fingerprint density at radius 3 is 2.97 bits per heavy atom. The van der Waals surface area contributed by atoms with E-state index in [4.69, 9.17) is 16.6 Å². The summed E-state index contributed by atoms with van der Waals surface area (Å²) in [7, 11) is 0. The second-order valence-corrected chi connectivity index (χ2v) is 8.04. The highest BCUT2D eigenvalue weighted by Crippen LogP contribution is 2.42. The van der Waals surface area contributed by atoms with Gasteiger partial charge in [0.25, 0.3) is 0 Å². The Morgan fingerprint density at radius 1 is 1.27 bits per heavy atom. The first-order valence-electron chi connectivity index (χ1n) is 9.99. The number of urea groups is 1. The van der Waals surface area contributed by atoms with Crippen molar-refractivity contribution in [1.29, 1.82) is 0 Å². The molecule has 5 heterocycles. The number of piperidine rings is 1. The van der Waals surface area contributed by atoms with Gasteiger partial charge in [-0.15, -0.1) is 0 Å². The SMILES string of the molecule is Cc1cc(-c2nc3c(cc2Cl)N2CCCC(C2)N3C(=O)Nc2cccnc2)ccn1. The fraction of sp³-hybridized carbons (Fsp3) is 0.273. The molecule has 0 radical (unpaired) electrons. The van der Waals surface area contributed by atoms with Crippen LogP contribution in [0.15, 0.2) is 48.9 Å². The number of hydrogen-bond acceptors (Lipinski definition) is 5. The van der Waals surface area contributed by atoms with E-state index in [2.05, 4.69) is 20.2 Å². The molecule has 0 spiro atoms. The molecule has 152 valence electrons. The zero-order valence-electron chi connectivity index (χ0n) is 16.5. The van der Waals surface area contributed by atoms with Gasteiger partial charge >= 0.3 is 6.03 Å². The quantitative estimate of drug-likeness (QED) is 0.659. The van der Waals surface area contributed by atoms with Crippen molar-refractivity contribution in [2.24, 2.45) is 0 Å². The van der Waals surface area contributed by atoms with Crippen LogP contribution in [-0.2, 0) is 0 Å². The van der Waals surface area contributed by atoms with Crippen molar-refractivity contribution >= 4 is 34.8 Å². The Balaban J connectivity index is 1.60. The van der Waals surface area contributed by atoms with Crippen molar-refractivity contribution in [3.63, 3.8) is 0 Å². The lowest BCUT2D eigenvalue weighted by molar-refractivity contribution is 0.252. The average Bonchev–Trinajstić information content (AvgIpc) is 2.75.